The quantitative estimate of drug-likeness (QED) is 0.601. The SMILES string of the molecule is CN(C)C(=O)CNC(=O)COC(=O)CSc1ccc2ccccc2c1. The monoisotopic (exact) mass is 360 g/mol. The molecule has 1 N–H and O–H groups in total. The molecule has 0 saturated heterocycles. The van der Waals surface area contributed by atoms with Crippen LogP contribution in [0.15, 0.2) is 47.4 Å². The number of likely N-dealkylation sites (N-methyl/N-ethyl adjacent to an activating group) is 1. The van der Waals surface area contributed by atoms with Gasteiger partial charge in [-0.25, -0.2) is 0 Å². The first-order chi connectivity index (χ1) is 12.0. The highest BCUT2D eigenvalue weighted by Crippen LogP contribution is 2.23. The third kappa shape index (κ3) is 6.11. The van der Waals surface area contributed by atoms with Gasteiger partial charge in [0, 0.05) is 19.0 Å². The van der Waals surface area contributed by atoms with Gasteiger partial charge in [0.15, 0.2) is 6.61 Å². The van der Waals surface area contributed by atoms with E-state index >= 15 is 0 Å². The minimum atomic E-state index is -0.501. The molecule has 0 fully saturated rings. The van der Waals surface area contributed by atoms with Gasteiger partial charge in [-0.2, -0.15) is 0 Å². The number of carbonyl (C=O) groups excluding carboxylic acids is 3. The normalized spacial score (nSPS) is 10.3. The second-order valence-corrected chi connectivity index (χ2v) is 6.57. The van der Waals surface area contributed by atoms with E-state index in [1.54, 1.807) is 14.1 Å². The number of esters is 1. The standard InChI is InChI=1S/C18H20N2O4S/c1-20(2)17(22)10-19-16(21)11-24-18(23)12-25-15-8-7-13-5-3-4-6-14(13)9-15/h3-9H,10-12H2,1-2H3,(H,19,21). The van der Waals surface area contributed by atoms with Crippen molar-refractivity contribution in [3.8, 4) is 0 Å². The van der Waals surface area contributed by atoms with Crippen molar-refractivity contribution >= 4 is 40.3 Å². The summed E-state index contributed by atoms with van der Waals surface area (Å²) in [4.78, 5) is 36.9. The van der Waals surface area contributed by atoms with Crippen LogP contribution >= 0.6 is 11.8 Å². The Morgan fingerprint density at radius 2 is 1.80 bits per heavy atom. The number of benzene rings is 2. The lowest BCUT2D eigenvalue weighted by Gasteiger charge is -2.11. The van der Waals surface area contributed by atoms with Crippen molar-refractivity contribution in [3.05, 3.63) is 42.5 Å². The summed E-state index contributed by atoms with van der Waals surface area (Å²) in [5, 5.41) is 4.64. The van der Waals surface area contributed by atoms with Crippen molar-refractivity contribution in [2.45, 2.75) is 4.90 Å². The van der Waals surface area contributed by atoms with Crippen molar-refractivity contribution in [1.29, 1.82) is 0 Å². The zero-order valence-electron chi connectivity index (χ0n) is 14.2. The van der Waals surface area contributed by atoms with Gasteiger partial charge in [-0.15, -0.1) is 11.8 Å². The maximum atomic E-state index is 11.7. The number of nitrogens with zero attached hydrogens (tertiary/aromatic N) is 1. The molecule has 2 rings (SSSR count). The molecule has 0 unspecified atom stereocenters. The first-order valence-electron chi connectivity index (χ1n) is 7.70. The lowest BCUT2D eigenvalue weighted by molar-refractivity contribution is -0.146. The van der Waals surface area contributed by atoms with Gasteiger partial charge in [0.1, 0.15) is 0 Å². The molecule has 0 heterocycles. The summed E-state index contributed by atoms with van der Waals surface area (Å²) in [6.07, 6.45) is 0. The number of rotatable bonds is 7. The molecule has 0 bridgehead atoms. The van der Waals surface area contributed by atoms with Crippen LogP contribution in [0.1, 0.15) is 0 Å². The largest absolute Gasteiger partial charge is 0.455 e. The summed E-state index contributed by atoms with van der Waals surface area (Å²) < 4.78 is 4.91. The molecule has 0 aliphatic heterocycles. The maximum Gasteiger partial charge on any atom is 0.316 e. The highest BCUT2D eigenvalue weighted by atomic mass is 32.2. The molecule has 0 radical (unpaired) electrons. The van der Waals surface area contributed by atoms with E-state index in [0.717, 1.165) is 15.7 Å². The van der Waals surface area contributed by atoms with E-state index in [1.165, 1.54) is 16.7 Å². The summed E-state index contributed by atoms with van der Waals surface area (Å²) in [7, 11) is 3.19. The van der Waals surface area contributed by atoms with Gasteiger partial charge in [-0.05, 0) is 22.9 Å². The summed E-state index contributed by atoms with van der Waals surface area (Å²) in [6.45, 7) is -0.507. The summed E-state index contributed by atoms with van der Waals surface area (Å²) in [6, 6.07) is 13.9. The molecule has 0 spiro atoms. The lowest BCUT2D eigenvalue weighted by atomic mass is 10.1. The van der Waals surface area contributed by atoms with Crippen LogP contribution in [-0.4, -0.2) is 55.7 Å². The lowest BCUT2D eigenvalue weighted by Crippen LogP contribution is -2.38. The molecule has 2 amide bonds. The number of thioether (sulfide) groups is 1. The number of hydrogen-bond acceptors (Lipinski definition) is 5. The zero-order valence-corrected chi connectivity index (χ0v) is 15.0. The van der Waals surface area contributed by atoms with Crippen molar-refractivity contribution in [1.82, 2.24) is 10.2 Å². The van der Waals surface area contributed by atoms with Crippen molar-refractivity contribution in [2.24, 2.45) is 0 Å². The Hall–Kier alpha value is -2.54. The van der Waals surface area contributed by atoms with Crippen LogP contribution in [-0.2, 0) is 19.1 Å². The number of nitrogens with one attached hydrogen (secondary N) is 1. The van der Waals surface area contributed by atoms with Crippen LogP contribution in [0.3, 0.4) is 0 Å². The van der Waals surface area contributed by atoms with Gasteiger partial charge in [0.05, 0.1) is 12.3 Å². The predicted molar refractivity (Wildman–Crippen MR) is 97.3 cm³/mol. The molecule has 7 heteroatoms. The number of amides is 2. The Kier molecular flexibility index (Phi) is 6.82. The van der Waals surface area contributed by atoms with E-state index in [4.69, 9.17) is 4.74 Å². The van der Waals surface area contributed by atoms with E-state index in [1.807, 2.05) is 42.5 Å². The van der Waals surface area contributed by atoms with E-state index in [9.17, 15) is 14.4 Å². The number of fused-ring (bicyclic) bond motifs is 1. The minimum Gasteiger partial charge on any atom is -0.455 e. The summed E-state index contributed by atoms with van der Waals surface area (Å²) in [5.74, 6) is -1.10. The molecule has 0 aliphatic rings. The minimum absolute atomic E-state index is 0.113. The van der Waals surface area contributed by atoms with Crippen LogP contribution < -0.4 is 5.32 Å². The summed E-state index contributed by atoms with van der Waals surface area (Å²) in [5.41, 5.74) is 0. The second-order valence-electron chi connectivity index (χ2n) is 5.52. The van der Waals surface area contributed by atoms with Gasteiger partial charge in [-0.3, -0.25) is 14.4 Å². The number of carbonyl (C=O) groups is 3. The smallest absolute Gasteiger partial charge is 0.316 e. The molecule has 0 atom stereocenters. The van der Waals surface area contributed by atoms with Crippen LogP contribution in [0.4, 0.5) is 0 Å². The Morgan fingerprint density at radius 1 is 1.08 bits per heavy atom. The fraction of sp³-hybridized carbons (Fsp3) is 0.278. The van der Waals surface area contributed by atoms with E-state index in [2.05, 4.69) is 5.32 Å². The molecule has 6 nitrogen and oxygen atoms in total. The van der Waals surface area contributed by atoms with Gasteiger partial charge in [0.2, 0.25) is 5.91 Å². The van der Waals surface area contributed by atoms with Gasteiger partial charge in [0.25, 0.3) is 5.91 Å². The highest BCUT2D eigenvalue weighted by Gasteiger charge is 2.10. The highest BCUT2D eigenvalue weighted by molar-refractivity contribution is 8.00. The average molecular weight is 360 g/mol. The van der Waals surface area contributed by atoms with E-state index in [0.29, 0.717) is 0 Å². The molecule has 25 heavy (non-hydrogen) atoms. The van der Waals surface area contributed by atoms with Crippen molar-refractivity contribution in [3.63, 3.8) is 0 Å². The fourth-order valence-corrected chi connectivity index (χ4v) is 2.71. The van der Waals surface area contributed by atoms with Crippen molar-refractivity contribution in [2.75, 3.05) is 33.0 Å². The van der Waals surface area contributed by atoms with E-state index < -0.39 is 18.5 Å². The van der Waals surface area contributed by atoms with Crippen LogP contribution in [0.2, 0.25) is 0 Å². The molecule has 0 saturated carbocycles. The van der Waals surface area contributed by atoms with Crippen LogP contribution in [0, 0.1) is 0 Å². The predicted octanol–water partition coefficient (Wildman–Crippen LogP) is 1.68. The van der Waals surface area contributed by atoms with Gasteiger partial charge in [-0.1, -0.05) is 30.3 Å². The third-order valence-electron chi connectivity index (χ3n) is 3.38. The fourth-order valence-electron chi connectivity index (χ4n) is 1.97. The topological polar surface area (TPSA) is 75.7 Å². The number of ether oxygens (including phenoxy) is 1. The molecular formula is C18H20N2O4S. The molecule has 2 aromatic rings. The Labute approximate surface area is 150 Å². The van der Waals surface area contributed by atoms with Crippen molar-refractivity contribution < 1.29 is 19.1 Å². The Bertz CT molecular complexity index is 777. The Balaban J connectivity index is 1.72. The second kappa shape index (κ2) is 9.08. The van der Waals surface area contributed by atoms with E-state index in [-0.39, 0.29) is 18.2 Å². The third-order valence-corrected chi connectivity index (χ3v) is 4.34. The number of hydrogen-bond donors (Lipinski definition) is 1. The molecule has 2 aromatic carbocycles. The molecular weight excluding hydrogens is 340 g/mol. The Morgan fingerprint density at radius 3 is 2.52 bits per heavy atom. The zero-order chi connectivity index (χ0) is 18.2. The van der Waals surface area contributed by atoms with Gasteiger partial charge >= 0.3 is 5.97 Å². The van der Waals surface area contributed by atoms with Crippen LogP contribution in [0.25, 0.3) is 10.8 Å². The molecule has 132 valence electrons. The van der Waals surface area contributed by atoms with Crippen LogP contribution in [0.5, 0.6) is 0 Å². The first kappa shape index (κ1) is 18.8. The first-order valence-corrected chi connectivity index (χ1v) is 8.68. The molecule has 0 aliphatic carbocycles. The maximum absolute atomic E-state index is 11.7. The summed E-state index contributed by atoms with van der Waals surface area (Å²) >= 11 is 1.35. The van der Waals surface area contributed by atoms with Gasteiger partial charge < -0.3 is 15.0 Å². The molecule has 0 aromatic heterocycles. The average Bonchev–Trinajstić information content (AvgIpc) is 2.62.